The van der Waals surface area contributed by atoms with Crippen molar-refractivity contribution in [3.8, 4) is 0 Å². The van der Waals surface area contributed by atoms with Crippen LogP contribution in [0, 0.1) is 19.8 Å². The lowest BCUT2D eigenvalue weighted by atomic mass is 10.0. The molecule has 6 nitrogen and oxygen atoms in total. The van der Waals surface area contributed by atoms with Crippen molar-refractivity contribution in [1.82, 2.24) is 15.5 Å². The molecule has 1 saturated heterocycles. The van der Waals surface area contributed by atoms with Gasteiger partial charge >= 0.3 is 0 Å². The van der Waals surface area contributed by atoms with Gasteiger partial charge in [-0.25, -0.2) is 0 Å². The Kier molecular flexibility index (Phi) is 6.55. The number of morpholine rings is 1. The summed E-state index contributed by atoms with van der Waals surface area (Å²) in [5, 5.41) is 11.6. The monoisotopic (exact) mass is 390 g/mol. The number of hydrogen-bond donors (Lipinski definition) is 2. The van der Waals surface area contributed by atoms with Gasteiger partial charge in [0.05, 0.1) is 28.8 Å². The average Bonchev–Trinajstić information content (AvgIpc) is 3.21. The lowest BCUT2D eigenvalue weighted by Gasteiger charge is -2.28. The van der Waals surface area contributed by atoms with Crippen molar-refractivity contribution < 1.29 is 9.53 Å². The lowest BCUT2D eigenvalue weighted by molar-refractivity contribution is 0.0956. The second-order valence-corrected chi connectivity index (χ2v) is 8.60. The Hall–Kier alpha value is -1.86. The summed E-state index contributed by atoms with van der Waals surface area (Å²) in [5.41, 5.74) is 4.53. The molecule has 2 N–H and O–H groups in total. The fourth-order valence-electron chi connectivity index (χ4n) is 3.28. The normalized spacial score (nSPS) is 14.8. The summed E-state index contributed by atoms with van der Waals surface area (Å²) in [6.07, 6.45) is 1.78. The van der Waals surface area contributed by atoms with Crippen LogP contribution in [-0.2, 0) is 11.2 Å². The van der Waals surface area contributed by atoms with Crippen LogP contribution in [-0.4, -0.2) is 49.0 Å². The van der Waals surface area contributed by atoms with E-state index in [0.717, 1.165) is 62.0 Å². The molecule has 1 aliphatic heterocycles. The van der Waals surface area contributed by atoms with Gasteiger partial charge in [0.25, 0.3) is 5.91 Å². The van der Waals surface area contributed by atoms with E-state index < -0.39 is 0 Å². The van der Waals surface area contributed by atoms with Crippen LogP contribution in [0.15, 0.2) is 6.07 Å². The maximum Gasteiger partial charge on any atom is 0.261 e. The van der Waals surface area contributed by atoms with Crippen LogP contribution in [0.5, 0.6) is 0 Å². The number of amides is 1. The number of nitrogens with zero attached hydrogens (tertiary/aromatic N) is 2. The number of H-pyrrole nitrogens is 1. The minimum atomic E-state index is 0.0297. The second-order valence-electron chi connectivity index (χ2n) is 7.57. The molecule has 0 aromatic carbocycles. The van der Waals surface area contributed by atoms with E-state index in [1.165, 1.54) is 16.1 Å². The number of aromatic nitrogens is 2. The highest BCUT2D eigenvalue weighted by Crippen LogP contribution is 2.34. The van der Waals surface area contributed by atoms with E-state index in [1.54, 1.807) is 11.3 Å². The van der Waals surface area contributed by atoms with Crippen LogP contribution in [0.1, 0.15) is 52.5 Å². The molecule has 0 radical (unpaired) electrons. The molecule has 2 aromatic rings. The van der Waals surface area contributed by atoms with E-state index in [4.69, 9.17) is 4.74 Å². The smallest absolute Gasteiger partial charge is 0.261 e. The first kappa shape index (κ1) is 19.9. The molecule has 7 heteroatoms. The highest BCUT2D eigenvalue weighted by Gasteiger charge is 2.22. The van der Waals surface area contributed by atoms with Crippen molar-refractivity contribution >= 4 is 22.2 Å². The van der Waals surface area contributed by atoms with Gasteiger partial charge in [0.2, 0.25) is 0 Å². The molecule has 1 amide bonds. The molecule has 27 heavy (non-hydrogen) atoms. The highest BCUT2D eigenvalue weighted by molar-refractivity contribution is 7.18. The number of carbonyl (C=O) groups is 1. The average molecular weight is 391 g/mol. The van der Waals surface area contributed by atoms with Crippen LogP contribution < -0.4 is 10.2 Å². The van der Waals surface area contributed by atoms with Gasteiger partial charge in [0.1, 0.15) is 0 Å². The molecule has 0 spiro atoms. The Morgan fingerprint density at radius 3 is 2.74 bits per heavy atom. The fraction of sp³-hybridized carbons (Fsp3) is 0.600. The molecule has 0 saturated carbocycles. The summed E-state index contributed by atoms with van der Waals surface area (Å²) in [6, 6.07) is 2.06. The van der Waals surface area contributed by atoms with Crippen molar-refractivity contribution in [3.63, 3.8) is 0 Å². The maximum atomic E-state index is 12.6. The third-order valence-electron chi connectivity index (χ3n) is 4.96. The molecule has 148 valence electrons. The van der Waals surface area contributed by atoms with Gasteiger partial charge in [-0.2, -0.15) is 5.10 Å². The fourth-order valence-corrected chi connectivity index (χ4v) is 4.43. The van der Waals surface area contributed by atoms with E-state index >= 15 is 0 Å². The number of rotatable bonds is 7. The molecule has 1 aliphatic rings. The molecule has 0 aliphatic carbocycles. The number of hydrogen-bond acceptors (Lipinski definition) is 5. The quantitative estimate of drug-likeness (QED) is 0.761. The first-order chi connectivity index (χ1) is 13.0. The number of thiophene rings is 1. The molecule has 3 rings (SSSR count). The predicted molar refractivity (Wildman–Crippen MR) is 110 cm³/mol. The third-order valence-corrected chi connectivity index (χ3v) is 6.20. The maximum absolute atomic E-state index is 12.6. The zero-order chi connectivity index (χ0) is 19.4. The topological polar surface area (TPSA) is 70.2 Å². The van der Waals surface area contributed by atoms with Crippen molar-refractivity contribution in [2.75, 3.05) is 37.7 Å². The first-order valence-electron chi connectivity index (χ1n) is 9.69. The minimum Gasteiger partial charge on any atom is -0.378 e. The Bertz CT molecular complexity index is 756. The molecule has 0 bridgehead atoms. The summed E-state index contributed by atoms with van der Waals surface area (Å²) in [7, 11) is 0. The summed E-state index contributed by atoms with van der Waals surface area (Å²) in [4.78, 5) is 15.8. The van der Waals surface area contributed by atoms with Gasteiger partial charge in [-0.15, -0.1) is 11.3 Å². The van der Waals surface area contributed by atoms with Gasteiger partial charge in [0.15, 0.2) is 0 Å². The van der Waals surface area contributed by atoms with E-state index in [0.29, 0.717) is 5.92 Å². The van der Waals surface area contributed by atoms with Gasteiger partial charge in [-0.3, -0.25) is 9.89 Å². The minimum absolute atomic E-state index is 0.0297. The zero-order valence-electron chi connectivity index (χ0n) is 16.7. The highest BCUT2D eigenvalue weighted by atomic mass is 32.1. The van der Waals surface area contributed by atoms with E-state index in [-0.39, 0.29) is 5.91 Å². The number of nitrogens with one attached hydrogen (secondary N) is 2. The number of ether oxygens (including phenoxy) is 1. The molecular weight excluding hydrogens is 360 g/mol. The van der Waals surface area contributed by atoms with E-state index in [9.17, 15) is 4.79 Å². The molecular formula is C20H30N4O2S. The van der Waals surface area contributed by atoms with Crippen LogP contribution in [0.2, 0.25) is 0 Å². The van der Waals surface area contributed by atoms with Crippen LogP contribution in [0.25, 0.3) is 0 Å². The van der Waals surface area contributed by atoms with Crippen molar-refractivity contribution in [1.29, 1.82) is 0 Å². The Labute approximate surface area is 165 Å². The van der Waals surface area contributed by atoms with Crippen molar-refractivity contribution in [3.05, 3.63) is 33.5 Å². The summed E-state index contributed by atoms with van der Waals surface area (Å²) in [5.74, 6) is 0.613. The van der Waals surface area contributed by atoms with E-state index in [2.05, 4.69) is 47.3 Å². The summed E-state index contributed by atoms with van der Waals surface area (Å²) in [6.45, 7) is 12.3. The van der Waals surface area contributed by atoms with Gasteiger partial charge in [-0.05, 0) is 37.8 Å². The largest absolute Gasteiger partial charge is 0.378 e. The zero-order valence-corrected chi connectivity index (χ0v) is 17.5. The van der Waals surface area contributed by atoms with Gasteiger partial charge < -0.3 is 15.0 Å². The first-order valence-corrected chi connectivity index (χ1v) is 10.5. The Balaban J connectivity index is 1.83. The number of anilines is 1. The van der Waals surface area contributed by atoms with Crippen molar-refractivity contribution in [2.24, 2.45) is 5.92 Å². The molecule has 3 heterocycles. The van der Waals surface area contributed by atoms with Gasteiger partial charge in [0, 0.05) is 37.3 Å². The number of carbonyl (C=O) groups excluding carboxylic acids is 1. The SMILES string of the molecule is Cc1n[nH]c(C)c1Cc1cc(C(=O)NCCC(C)C)sc1N1CCOCC1. The van der Waals surface area contributed by atoms with E-state index in [1.807, 2.05) is 6.92 Å². The molecule has 1 fully saturated rings. The Morgan fingerprint density at radius 2 is 2.11 bits per heavy atom. The summed E-state index contributed by atoms with van der Waals surface area (Å²) >= 11 is 1.59. The third kappa shape index (κ3) is 4.90. The molecule has 0 atom stereocenters. The molecule has 2 aromatic heterocycles. The predicted octanol–water partition coefficient (Wildman–Crippen LogP) is 3.29. The van der Waals surface area contributed by atoms with Gasteiger partial charge in [-0.1, -0.05) is 13.8 Å². The van der Waals surface area contributed by atoms with Crippen LogP contribution in [0.3, 0.4) is 0 Å². The van der Waals surface area contributed by atoms with Crippen molar-refractivity contribution in [2.45, 2.75) is 40.5 Å². The summed E-state index contributed by atoms with van der Waals surface area (Å²) < 4.78 is 5.50. The lowest BCUT2D eigenvalue weighted by Crippen LogP contribution is -2.36. The molecule has 0 unspecified atom stereocenters. The number of aromatic amines is 1. The standard InChI is InChI=1S/C20H30N4O2S/c1-13(2)5-6-21-19(25)18-12-16(11-17-14(3)22-23-15(17)4)20(27-18)24-7-9-26-10-8-24/h12-13H,5-11H2,1-4H3,(H,21,25)(H,22,23). The second kappa shape index (κ2) is 8.89. The number of aryl methyl sites for hydroxylation is 2. The Morgan fingerprint density at radius 1 is 1.37 bits per heavy atom. The van der Waals surface area contributed by atoms with Crippen LogP contribution >= 0.6 is 11.3 Å². The van der Waals surface area contributed by atoms with Crippen LogP contribution in [0.4, 0.5) is 5.00 Å².